The third-order valence-corrected chi connectivity index (χ3v) is 4.01. The van der Waals surface area contributed by atoms with E-state index in [2.05, 4.69) is 37.7 Å². The molecule has 0 heterocycles. The smallest absolute Gasteiger partial charge is 0.193 e. The number of halogens is 2. The van der Waals surface area contributed by atoms with E-state index in [1.807, 2.05) is 25.3 Å². The highest BCUT2D eigenvalue weighted by molar-refractivity contribution is 14.0. The van der Waals surface area contributed by atoms with Crippen LogP contribution < -0.4 is 14.8 Å². The minimum Gasteiger partial charge on any atom is -0.493 e. The van der Waals surface area contributed by atoms with Crippen LogP contribution in [0.2, 0.25) is 0 Å². The average Bonchev–Trinajstić information content (AvgIpc) is 2.55. The maximum Gasteiger partial charge on any atom is 0.193 e. The Morgan fingerprint density at radius 3 is 2.62 bits per heavy atom. The Morgan fingerprint density at radius 1 is 1.38 bits per heavy atom. The van der Waals surface area contributed by atoms with Gasteiger partial charge in [-0.15, -0.1) is 30.6 Å². The van der Waals surface area contributed by atoms with Crippen LogP contribution in [0, 0.1) is 0 Å². The maximum atomic E-state index is 5.37. The normalized spacial score (nSPS) is 10.6. The van der Waals surface area contributed by atoms with Gasteiger partial charge in [0.05, 0.1) is 18.7 Å². The van der Waals surface area contributed by atoms with Crippen molar-refractivity contribution in [1.29, 1.82) is 0 Å². The molecule has 0 unspecified atom stereocenters. The Labute approximate surface area is 170 Å². The molecule has 1 N–H and O–H groups in total. The lowest BCUT2D eigenvalue weighted by Gasteiger charge is -2.22. The van der Waals surface area contributed by atoms with Gasteiger partial charge in [-0.25, -0.2) is 0 Å². The molecule has 0 saturated carbocycles. The van der Waals surface area contributed by atoms with Gasteiger partial charge < -0.3 is 19.7 Å². The summed E-state index contributed by atoms with van der Waals surface area (Å²) in [5, 5.41) is 3.36. The zero-order valence-corrected chi connectivity index (χ0v) is 18.7. The minimum atomic E-state index is 0. The van der Waals surface area contributed by atoms with E-state index in [-0.39, 0.29) is 24.0 Å². The van der Waals surface area contributed by atoms with Crippen LogP contribution in [0.5, 0.6) is 11.5 Å². The number of nitrogens with one attached hydrogen (secondary N) is 1. The van der Waals surface area contributed by atoms with Crippen molar-refractivity contribution in [2.45, 2.75) is 19.4 Å². The van der Waals surface area contributed by atoms with Crippen molar-refractivity contribution >= 4 is 45.9 Å². The first-order chi connectivity index (χ1) is 11.1. The fourth-order valence-corrected chi connectivity index (χ4v) is 2.87. The molecule has 136 valence electrons. The molecular weight excluding hydrogens is 485 g/mol. The molecule has 1 aromatic rings. The molecule has 0 aliphatic carbocycles. The number of methoxy groups -OCH3 is 2. The SMILES string of the molecule is C=CCCCN(C)C(=NC)NCc1cc(Br)c(OC)c(OC)c1.I. The molecule has 7 heteroatoms. The summed E-state index contributed by atoms with van der Waals surface area (Å²) in [6.45, 7) is 5.33. The number of unbranched alkanes of at least 4 members (excludes halogenated alkanes) is 1. The van der Waals surface area contributed by atoms with Gasteiger partial charge in [0.1, 0.15) is 0 Å². The summed E-state index contributed by atoms with van der Waals surface area (Å²) in [7, 11) is 7.08. The number of ether oxygens (including phenoxy) is 2. The highest BCUT2D eigenvalue weighted by Gasteiger charge is 2.11. The number of allylic oxidation sites excluding steroid dienone is 1. The van der Waals surface area contributed by atoms with Crippen molar-refractivity contribution in [3.8, 4) is 11.5 Å². The van der Waals surface area contributed by atoms with Gasteiger partial charge in [0.25, 0.3) is 0 Å². The first-order valence-corrected chi connectivity index (χ1v) is 8.29. The Morgan fingerprint density at radius 2 is 2.08 bits per heavy atom. The summed E-state index contributed by atoms with van der Waals surface area (Å²) in [5.41, 5.74) is 1.08. The van der Waals surface area contributed by atoms with E-state index in [0.717, 1.165) is 35.4 Å². The van der Waals surface area contributed by atoms with Gasteiger partial charge in [0, 0.05) is 27.2 Å². The molecule has 1 aromatic carbocycles. The molecular formula is C17H27BrIN3O2. The lowest BCUT2D eigenvalue weighted by molar-refractivity contribution is 0.352. The van der Waals surface area contributed by atoms with E-state index >= 15 is 0 Å². The fourth-order valence-electron chi connectivity index (χ4n) is 2.22. The second kappa shape index (κ2) is 12.4. The lowest BCUT2D eigenvalue weighted by Crippen LogP contribution is -2.38. The number of hydrogen-bond donors (Lipinski definition) is 1. The lowest BCUT2D eigenvalue weighted by atomic mass is 10.2. The molecule has 5 nitrogen and oxygen atoms in total. The summed E-state index contributed by atoms with van der Waals surface area (Å²) < 4.78 is 11.6. The van der Waals surface area contributed by atoms with Crippen LogP contribution in [-0.2, 0) is 6.54 Å². The van der Waals surface area contributed by atoms with E-state index in [4.69, 9.17) is 9.47 Å². The molecule has 0 spiro atoms. The van der Waals surface area contributed by atoms with Crippen LogP contribution in [0.4, 0.5) is 0 Å². The van der Waals surface area contributed by atoms with Gasteiger partial charge in [0.2, 0.25) is 0 Å². The molecule has 0 atom stereocenters. The largest absolute Gasteiger partial charge is 0.493 e. The molecule has 0 bridgehead atoms. The van der Waals surface area contributed by atoms with Crippen molar-refractivity contribution in [3.05, 3.63) is 34.8 Å². The van der Waals surface area contributed by atoms with E-state index in [9.17, 15) is 0 Å². The van der Waals surface area contributed by atoms with Gasteiger partial charge in [-0.3, -0.25) is 4.99 Å². The quantitative estimate of drug-likeness (QED) is 0.188. The van der Waals surface area contributed by atoms with Crippen molar-refractivity contribution in [1.82, 2.24) is 10.2 Å². The Balaban J connectivity index is 0.00000529. The second-order valence-electron chi connectivity index (χ2n) is 5.07. The molecule has 1 rings (SSSR count). The molecule has 0 radical (unpaired) electrons. The second-order valence-corrected chi connectivity index (χ2v) is 5.92. The topological polar surface area (TPSA) is 46.1 Å². The summed E-state index contributed by atoms with van der Waals surface area (Å²) >= 11 is 3.51. The number of benzene rings is 1. The summed E-state index contributed by atoms with van der Waals surface area (Å²) in [6.07, 6.45) is 4.00. The Kier molecular flexibility index (Phi) is 11.9. The van der Waals surface area contributed by atoms with E-state index in [1.165, 1.54) is 0 Å². The third kappa shape index (κ3) is 6.88. The van der Waals surface area contributed by atoms with Gasteiger partial charge in [-0.05, 0) is 46.5 Å². The first-order valence-electron chi connectivity index (χ1n) is 7.50. The van der Waals surface area contributed by atoms with E-state index < -0.39 is 0 Å². The Bertz CT molecular complexity index is 553. The third-order valence-electron chi connectivity index (χ3n) is 3.42. The first kappa shape index (κ1) is 23.0. The monoisotopic (exact) mass is 511 g/mol. The van der Waals surface area contributed by atoms with Gasteiger partial charge in [-0.2, -0.15) is 0 Å². The fraction of sp³-hybridized carbons (Fsp3) is 0.471. The number of hydrogen-bond acceptors (Lipinski definition) is 3. The molecule has 0 fully saturated rings. The highest BCUT2D eigenvalue weighted by atomic mass is 127. The minimum absolute atomic E-state index is 0. The maximum absolute atomic E-state index is 5.37. The number of aliphatic imine (C=N–C) groups is 1. The van der Waals surface area contributed by atoms with Crippen molar-refractivity contribution in [2.75, 3.05) is 34.9 Å². The van der Waals surface area contributed by atoms with Crippen molar-refractivity contribution < 1.29 is 9.47 Å². The predicted molar refractivity (Wildman–Crippen MR) is 115 cm³/mol. The molecule has 0 aliphatic heterocycles. The van der Waals surface area contributed by atoms with E-state index in [0.29, 0.717) is 18.0 Å². The van der Waals surface area contributed by atoms with E-state index in [1.54, 1.807) is 21.3 Å². The number of nitrogens with zero attached hydrogens (tertiary/aromatic N) is 2. The van der Waals surface area contributed by atoms with Gasteiger partial charge in [0.15, 0.2) is 17.5 Å². The van der Waals surface area contributed by atoms with Gasteiger partial charge in [-0.1, -0.05) is 6.08 Å². The summed E-state index contributed by atoms with van der Waals surface area (Å²) in [6, 6.07) is 3.97. The number of guanidine groups is 1. The van der Waals surface area contributed by atoms with Crippen LogP contribution in [0.15, 0.2) is 34.3 Å². The van der Waals surface area contributed by atoms with Crippen molar-refractivity contribution in [2.24, 2.45) is 4.99 Å². The predicted octanol–water partition coefficient (Wildman–Crippen LogP) is 4.06. The van der Waals surface area contributed by atoms with Crippen molar-refractivity contribution in [3.63, 3.8) is 0 Å². The van der Waals surface area contributed by atoms with Crippen LogP contribution in [0.3, 0.4) is 0 Å². The van der Waals surface area contributed by atoms with Crippen LogP contribution in [0.25, 0.3) is 0 Å². The average molecular weight is 512 g/mol. The number of rotatable bonds is 8. The standard InChI is InChI=1S/C17H26BrN3O2.HI/c1-6-7-8-9-21(3)17(19-2)20-12-13-10-14(18)16(23-5)15(11-13)22-4;/h6,10-11H,1,7-9,12H2,2-5H3,(H,19,20);1H. The van der Waals surface area contributed by atoms with Crippen LogP contribution >= 0.6 is 39.9 Å². The summed E-state index contributed by atoms with van der Waals surface area (Å²) in [5.74, 6) is 2.26. The molecule has 0 saturated heterocycles. The Hall–Kier alpha value is -0.960. The molecule has 24 heavy (non-hydrogen) atoms. The molecule has 0 aromatic heterocycles. The highest BCUT2D eigenvalue weighted by Crippen LogP contribution is 2.36. The zero-order chi connectivity index (χ0) is 17.2. The van der Waals surface area contributed by atoms with Gasteiger partial charge >= 0.3 is 0 Å². The summed E-state index contributed by atoms with van der Waals surface area (Å²) in [4.78, 5) is 6.43. The van der Waals surface area contributed by atoms with Crippen LogP contribution in [-0.4, -0.2) is 45.7 Å². The molecule has 0 amide bonds. The van der Waals surface area contributed by atoms with Crippen LogP contribution in [0.1, 0.15) is 18.4 Å². The molecule has 0 aliphatic rings. The zero-order valence-electron chi connectivity index (χ0n) is 14.8.